The zero-order valence-electron chi connectivity index (χ0n) is 20.3. The van der Waals surface area contributed by atoms with E-state index in [2.05, 4.69) is 0 Å². The Morgan fingerprint density at radius 3 is 1.70 bits per heavy atom. The van der Waals surface area contributed by atoms with E-state index in [0.29, 0.717) is 17.7 Å². The lowest BCUT2D eigenvalue weighted by atomic mass is 9.87. The number of rotatable bonds is 14. The third kappa shape index (κ3) is 8.30. The number of allylic oxidation sites excluding steroid dienone is 8. The van der Waals surface area contributed by atoms with Gasteiger partial charge in [0.1, 0.15) is 0 Å². The van der Waals surface area contributed by atoms with Crippen molar-refractivity contribution in [1.29, 1.82) is 0 Å². The van der Waals surface area contributed by atoms with Gasteiger partial charge in [0.15, 0.2) is 0 Å². The molecule has 2 N–H and O–H groups in total. The fraction of sp³-hybridized carbons (Fsp3) is 0.577. The van der Waals surface area contributed by atoms with Crippen LogP contribution in [0, 0.1) is 10.8 Å². The Hall–Kier alpha value is -1.57. The van der Waals surface area contributed by atoms with Gasteiger partial charge >= 0.3 is 5.97 Å². The minimum atomic E-state index is -1.21. The van der Waals surface area contributed by atoms with Crippen LogP contribution in [0.25, 0.3) is 0 Å². The van der Waals surface area contributed by atoms with E-state index in [1.54, 1.807) is 26.0 Å². The zero-order valence-corrected chi connectivity index (χ0v) is 21.9. The molecule has 2 atom stereocenters. The fourth-order valence-electron chi connectivity index (χ4n) is 3.61. The average Bonchev–Trinajstić information content (AvgIpc) is 3.29. The maximum absolute atomic E-state index is 12.7. The molecule has 0 saturated heterocycles. The number of aliphatic carboxylic acids is 1. The Kier molecular flexibility index (Phi) is 10.3. The Bertz CT molecular complexity index is 932. The Labute approximate surface area is 203 Å². The summed E-state index contributed by atoms with van der Waals surface area (Å²) in [7, 11) is -2.38. The van der Waals surface area contributed by atoms with E-state index < -0.39 is 33.0 Å². The van der Waals surface area contributed by atoms with Gasteiger partial charge in [-0.15, -0.1) is 0 Å². The van der Waals surface area contributed by atoms with Crippen molar-refractivity contribution >= 4 is 27.6 Å². The van der Waals surface area contributed by atoms with Gasteiger partial charge in [-0.2, -0.15) is 0 Å². The van der Waals surface area contributed by atoms with E-state index in [1.165, 1.54) is 0 Å². The molecule has 2 aliphatic heterocycles. The maximum atomic E-state index is 12.7. The predicted octanol–water partition coefficient (Wildman–Crippen LogP) is 5.85. The van der Waals surface area contributed by atoms with Crippen LogP contribution in [-0.2, 0) is 26.4 Å². The number of carbonyl (C=O) groups is 1. The topological polar surface area (TPSA) is 91.7 Å². The van der Waals surface area contributed by atoms with Gasteiger partial charge in [-0.05, 0) is 94.2 Å². The SMILES string of the molecule is CC(C)(CO)CCCCC1=CC=C(/C=C/C2=CC=C(CCCCC(C)(C)C(=O)O)S2=O)S1=O. The highest BCUT2D eigenvalue weighted by Crippen LogP contribution is 2.31. The predicted molar refractivity (Wildman–Crippen MR) is 137 cm³/mol. The van der Waals surface area contributed by atoms with Gasteiger partial charge in [0.05, 0.1) is 27.0 Å². The van der Waals surface area contributed by atoms with Gasteiger partial charge in [-0.25, -0.2) is 8.42 Å². The molecule has 0 aromatic carbocycles. The van der Waals surface area contributed by atoms with Gasteiger partial charge in [-0.3, -0.25) is 4.79 Å². The van der Waals surface area contributed by atoms with Crippen molar-refractivity contribution in [2.24, 2.45) is 10.8 Å². The second-order valence-electron chi connectivity index (χ2n) is 10.2. The molecule has 33 heavy (non-hydrogen) atoms. The number of aliphatic hydroxyl groups excluding tert-OH is 1. The summed E-state index contributed by atoms with van der Waals surface area (Å²) in [4.78, 5) is 14.4. The molecule has 0 radical (unpaired) electrons. The lowest BCUT2D eigenvalue weighted by Gasteiger charge is -2.21. The molecule has 0 aromatic rings. The van der Waals surface area contributed by atoms with E-state index in [4.69, 9.17) is 0 Å². The molecule has 2 unspecified atom stereocenters. The van der Waals surface area contributed by atoms with Crippen LogP contribution in [0.4, 0.5) is 0 Å². The van der Waals surface area contributed by atoms with Gasteiger partial charge in [-0.1, -0.05) is 26.7 Å². The van der Waals surface area contributed by atoms with Crippen LogP contribution < -0.4 is 0 Å². The molecular weight excluding hydrogens is 456 g/mol. The zero-order chi connectivity index (χ0) is 24.6. The Morgan fingerprint density at radius 2 is 1.27 bits per heavy atom. The van der Waals surface area contributed by atoms with Crippen molar-refractivity contribution in [3.8, 4) is 0 Å². The van der Waals surface area contributed by atoms with E-state index in [0.717, 1.165) is 53.2 Å². The van der Waals surface area contributed by atoms with Crippen molar-refractivity contribution < 1.29 is 23.4 Å². The molecule has 0 aliphatic carbocycles. The van der Waals surface area contributed by atoms with Crippen LogP contribution in [-0.4, -0.2) is 31.2 Å². The van der Waals surface area contributed by atoms with E-state index in [9.17, 15) is 23.4 Å². The third-order valence-electron chi connectivity index (χ3n) is 6.19. The van der Waals surface area contributed by atoms with Gasteiger partial charge in [0.25, 0.3) is 0 Å². The molecule has 0 saturated carbocycles. The van der Waals surface area contributed by atoms with Crippen molar-refractivity contribution in [1.82, 2.24) is 0 Å². The van der Waals surface area contributed by atoms with E-state index >= 15 is 0 Å². The second kappa shape index (κ2) is 12.2. The normalized spacial score (nSPS) is 21.2. The molecular formula is C26H38O5S2. The van der Waals surface area contributed by atoms with Gasteiger partial charge in [0, 0.05) is 26.2 Å². The number of unbranched alkanes of at least 4 members (excludes halogenated alkanes) is 2. The highest BCUT2D eigenvalue weighted by molar-refractivity contribution is 7.93. The summed E-state index contributed by atoms with van der Waals surface area (Å²) in [6, 6.07) is 0. The molecule has 184 valence electrons. The first-order valence-electron chi connectivity index (χ1n) is 11.6. The molecule has 0 aromatic heterocycles. The molecule has 2 heterocycles. The van der Waals surface area contributed by atoms with Crippen molar-refractivity contribution in [2.75, 3.05) is 6.61 Å². The summed E-state index contributed by atoms with van der Waals surface area (Å²) < 4.78 is 25.5. The Morgan fingerprint density at radius 1 is 0.818 bits per heavy atom. The van der Waals surface area contributed by atoms with Crippen LogP contribution in [0.15, 0.2) is 56.1 Å². The van der Waals surface area contributed by atoms with E-state index in [-0.39, 0.29) is 12.0 Å². The highest BCUT2D eigenvalue weighted by atomic mass is 32.2. The van der Waals surface area contributed by atoms with Gasteiger partial charge < -0.3 is 10.2 Å². The molecule has 0 bridgehead atoms. The van der Waals surface area contributed by atoms with Crippen LogP contribution in [0.3, 0.4) is 0 Å². The monoisotopic (exact) mass is 494 g/mol. The lowest BCUT2D eigenvalue weighted by molar-refractivity contribution is -0.147. The highest BCUT2D eigenvalue weighted by Gasteiger charge is 2.26. The number of carboxylic acids is 1. The molecule has 7 heteroatoms. The summed E-state index contributed by atoms with van der Waals surface area (Å²) in [5.74, 6) is -0.790. The Balaban J connectivity index is 1.74. The minimum Gasteiger partial charge on any atom is -0.481 e. The minimum absolute atomic E-state index is 0.0675. The van der Waals surface area contributed by atoms with E-state index in [1.807, 2.05) is 38.2 Å². The average molecular weight is 495 g/mol. The molecule has 0 fully saturated rings. The standard InChI is InChI=1S/C26H38O5S2/c1-25(2,19-27)17-7-5-9-20-11-13-22(32(20)30)15-16-23-14-12-21(33(23)31)10-6-8-18-26(3,4)24(28)29/h11-16,27H,5-10,17-19H2,1-4H3,(H,28,29)/b16-15+. The first-order chi connectivity index (χ1) is 15.5. The van der Waals surface area contributed by atoms with Gasteiger partial charge in [0.2, 0.25) is 0 Å². The fourth-order valence-corrected chi connectivity index (χ4v) is 6.02. The number of hydrogen-bond donors (Lipinski definition) is 2. The van der Waals surface area contributed by atoms with Crippen LogP contribution in [0.2, 0.25) is 0 Å². The molecule has 5 nitrogen and oxygen atoms in total. The number of hydrogen-bond acceptors (Lipinski definition) is 4. The quantitative estimate of drug-likeness (QED) is 0.295. The third-order valence-corrected chi connectivity index (χ3v) is 9.23. The van der Waals surface area contributed by atoms with Crippen molar-refractivity contribution in [2.45, 2.75) is 79.1 Å². The second-order valence-corrected chi connectivity index (χ2v) is 13.3. The van der Waals surface area contributed by atoms with Crippen LogP contribution in [0.1, 0.15) is 79.1 Å². The molecule has 2 aliphatic rings. The summed E-state index contributed by atoms with van der Waals surface area (Å²) in [5.41, 5.74) is -0.801. The number of carboxylic acid groups (broad SMARTS) is 1. The summed E-state index contributed by atoms with van der Waals surface area (Å²) in [6.07, 6.45) is 17.6. The lowest BCUT2D eigenvalue weighted by Crippen LogP contribution is -2.23. The molecule has 2 rings (SSSR count). The largest absolute Gasteiger partial charge is 0.481 e. The summed E-state index contributed by atoms with van der Waals surface area (Å²) >= 11 is 0. The first-order valence-corrected chi connectivity index (χ1v) is 13.9. The maximum Gasteiger partial charge on any atom is 0.309 e. The van der Waals surface area contributed by atoms with Crippen LogP contribution >= 0.6 is 0 Å². The molecule has 0 spiro atoms. The summed E-state index contributed by atoms with van der Waals surface area (Å²) in [6.45, 7) is 7.73. The molecule has 0 amide bonds. The van der Waals surface area contributed by atoms with Crippen molar-refractivity contribution in [3.05, 3.63) is 56.1 Å². The smallest absolute Gasteiger partial charge is 0.309 e. The number of aliphatic hydroxyl groups is 1. The van der Waals surface area contributed by atoms with Crippen LogP contribution in [0.5, 0.6) is 0 Å². The first kappa shape index (κ1) is 27.7. The van der Waals surface area contributed by atoms with Crippen molar-refractivity contribution in [3.63, 3.8) is 0 Å². The summed E-state index contributed by atoms with van der Waals surface area (Å²) in [5, 5.41) is 18.5.